The molecule has 138 valence electrons. The van der Waals surface area contributed by atoms with Crippen molar-refractivity contribution in [3.05, 3.63) is 58.5 Å². The second-order valence-electron chi connectivity index (χ2n) is 6.49. The molecule has 0 saturated heterocycles. The molecule has 4 rings (SSSR count). The highest BCUT2D eigenvalue weighted by Crippen LogP contribution is 2.33. The highest BCUT2D eigenvalue weighted by molar-refractivity contribution is 9.10. The SMILES string of the molecule is CC(C)Oc1cc(C(=O)NCc2nc3ccccc3[nH]2)cc2oc(Br)cc12. The molecule has 6 nitrogen and oxygen atoms in total. The zero-order valence-corrected chi connectivity index (χ0v) is 16.5. The zero-order valence-electron chi connectivity index (χ0n) is 14.9. The van der Waals surface area contributed by atoms with Gasteiger partial charge in [0.25, 0.3) is 5.91 Å². The Morgan fingerprint density at radius 1 is 1.30 bits per heavy atom. The van der Waals surface area contributed by atoms with Gasteiger partial charge in [0.1, 0.15) is 17.2 Å². The summed E-state index contributed by atoms with van der Waals surface area (Å²) in [5.41, 5.74) is 2.87. The molecule has 2 aromatic heterocycles. The number of nitrogens with one attached hydrogen (secondary N) is 2. The Bertz CT molecular complexity index is 1100. The van der Waals surface area contributed by atoms with Crippen LogP contribution in [0.2, 0.25) is 0 Å². The lowest BCUT2D eigenvalue weighted by molar-refractivity contribution is 0.0949. The number of rotatable bonds is 5. The monoisotopic (exact) mass is 427 g/mol. The zero-order chi connectivity index (χ0) is 19.0. The van der Waals surface area contributed by atoms with Crippen LogP contribution in [0.1, 0.15) is 30.0 Å². The third kappa shape index (κ3) is 3.68. The summed E-state index contributed by atoms with van der Waals surface area (Å²) in [6.07, 6.45) is -0.0178. The van der Waals surface area contributed by atoms with Crippen molar-refractivity contribution in [3.63, 3.8) is 0 Å². The van der Waals surface area contributed by atoms with Crippen LogP contribution < -0.4 is 10.1 Å². The highest BCUT2D eigenvalue weighted by Gasteiger charge is 2.16. The maximum absolute atomic E-state index is 12.7. The van der Waals surface area contributed by atoms with Gasteiger partial charge in [0.05, 0.1) is 29.1 Å². The van der Waals surface area contributed by atoms with E-state index in [0.717, 1.165) is 16.4 Å². The molecule has 4 aromatic rings. The Labute approximate surface area is 164 Å². The second-order valence-corrected chi connectivity index (χ2v) is 7.27. The van der Waals surface area contributed by atoms with Gasteiger partial charge in [0.2, 0.25) is 0 Å². The molecule has 0 aliphatic carbocycles. The van der Waals surface area contributed by atoms with Crippen LogP contribution in [0, 0.1) is 0 Å². The van der Waals surface area contributed by atoms with Gasteiger partial charge in [-0.25, -0.2) is 4.98 Å². The van der Waals surface area contributed by atoms with E-state index in [1.54, 1.807) is 12.1 Å². The van der Waals surface area contributed by atoms with Crippen molar-refractivity contribution >= 4 is 43.8 Å². The smallest absolute Gasteiger partial charge is 0.251 e. The minimum Gasteiger partial charge on any atom is -0.490 e. The number of hydrogen-bond acceptors (Lipinski definition) is 4. The van der Waals surface area contributed by atoms with Crippen LogP contribution in [-0.4, -0.2) is 22.0 Å². The first-order valence-corrected chi connectivity index (χ1v) is 9.40. The number of carbonyl (C=O) groups excluding carboxylic acids is 1. The van der Waals surface area contributed by atoms with Crippen molar-refractivity contribution in [1.29, 1.82) is 0 Å². The van der Waals surface area contributed by atoms with Crippen LogP contribution in [0.5, 0.6) is 5.75 Å². The van der Waals surface area contributed by atoms with Gasteiger partial charge in [-0.05, 0) is 54.0 Å². The molecule has 7 heteroatoms. The quantitative estimate of drug-likeness (QED) is 0.479. The third-order valence-electron chi connectivity index (χ3n) is 4.05. The molecule has 27 heavy (non-hydrogen) atoms. The Hall–Kier alpha value is -2.80. The van der Waals surface area contributed by atoms with Gasteiger partial charge in [-0.15, -0.1) is 0 Å². The van der Waals surface area contributed by atoms with Crippen molar-refractivity contribution in [2.24, 2.45) is 0 Å². The Balaban J connectivity index is 1.58. The number of ether oxygens (including phenoxy) is 1. The number of halogens is 1. The first-order chi connectivity index (χ1) is 13.0. The normalized spacial score (nSPS) is 11.4. The van der Waals surface area contributed by atoms with Crippen molar-refractivity contribution in [2.45, 2.75) is 26.5 Å². The number of aromatic nitrogens is 2. The van der Waals surface area contributed by atoms with E-state index in [0.29, 0.717) is 33.9 Å². The summed E-state index contributed by atoms with van der Waals surface area (Å²) in [5, 5.41) is 3.71. The molecule has 0 aliphatic rings. The average Bonchev–Trinajstić information content (AvgIpc) is 3.21. The van der Waals surface area contributed by atoms with Crippen LogP contribution in [-0.2, 0) is 6.54 Å². The summed E-state index contributed by atoms with van der Waals surface area (Å²) in [6.45, 7) is 4.18. The summed E-state index contributed by atoms with van der Waals surface area (Å²) in [4.78, 5) is 20.3. The molecule has 0 spiro atoms. The van der Waals surface area contributed by atoms with Gasteiger partial charge in [-0.1, -0.05) is 12.1 Å². The van der Waals surface area contributed by atoms with Crippen molar-refractivity contribution < 1.29 is 13.9 Å². The highest BCUT2D eigenvalue weighted by atomic mass is 79.9. The number of furan rings is 1. The van der Waals surface area contributed by atoms with E-state index in [2.05, 4.69) is 31.2 Å². The molecule has 2 heterocycles. The van der Waals surface area contributed by atoms with Crippen LogP contribution in [0.4, 0.5) is 0 Å². The first-order valence-electron chi connectivity index (χ1n) is 8.61. The molecule has 0 bridgehead atoms. The van der Waals surface area contributed by atoms with Crippen molar-refractivity contribution in [2.75, 3.05) is 0 Å². The van der Waals surface area contributed by atoms with Gasteiger partial charge in [0.15, 0.2) is 4.67 Å². The number of amides is 1. The van der Waals surface area contributed by atoms with E-state index in [1.165, 1.54) is 0 Å². The number of imidazole rings is 1. The number of hydrogen-bond donors (Lipinski definition) is 2. The van der Waals surface area contributed by atoms with Crippen LogP contribution in [0.3, 0.4) is 0 Å². The summed E-state index contributed by atoms with van der Waals surface area (Å²) < 4.78 is 12.1. The van der Waals surface area contributed by atoms with Gasteiger partial charge in [-0.3, -0.25) is 4.79 Å². The Morgan fingerprint density at radius 3 is 2.89 bits per heavy atom. The van der Waals surface area contributed by atoms with E-state index in [-0.39, 0.29) is 12.0 Å². The van der Waals surface area contributed by atoms with Gasteiger partial charge in [0, 0.05) is 11.6 Å². The van der Waals surface area contributed by atoms with Gasteiger partial charge >= 0.3 is 0 Å². The minimum absolute atomic E-state index is 0.0178. The molecule has 2 N–H and O–H groups in total. The number of benzene rings is 2. The molecule has 1 amide bonds. The summed E-state index contributed by atoms with van der Waals surface area (Å²) >= 11 is 3.33. The maximum atomic E-state index is 12.7. The molecule has 0 fully saturated rings. The largest absolute Gasteiger partial charge is 0.490 e. The lowest BCUT2D eigenvalue weighted by Crippen LogP contribution is -2.23. The summed E-state index contributed by atoms with van der Waals surface area (Å²) in [5.74, 6) is 1.09. The van der Waals surface area contributed by atoms with E-state index in [1.807, 2.05) is 44.2 Å². The fraction of sp³-hybridized carbons (Fsp3) is 0.200. The molecular weight excluding hydrogens is 410 g/mol. The Kier molecular flexibility index (Phi) is 4.61. The van der Waals surface area contributed by atoms with Crippen LogP contribution in [0.15, 0.2) is 51.6 Å². The summed E-state index contributed by atoms with van der Waals surface area (Å²) in [7, 11) is 0. The molecule has 0 radical (unpaired) electrons. The Morgan fingerprint density at radius 2 is 2.11 bits per heavy atom. The van der Waals surface area contributed by atoms with Crippen molar-refractivity contribution in [3.8, 4) is 5.75 Å². The molecule has 2 aromatic carbocycles. The number of carbonyl (C=O) groups is 1. The lowest BCUT2D eigenvalue weighted by Gasteiger charge is -2.12. The number of H-pyrrole nitrogens is 1. The molecule has 0 unspecified atom stereocenters. The number of aromatic amines is 1. The standard InChI is InChI=1S/C20H18BrN3O3/c1-11(2)26-16-7-12(8-17-13(16)9-18(21)27-17)20(25)22-10-19-23-14-5-3-4-6-15(14)24-19/h3-9,11H,10H2,1-2H3,(H,22,25)(H,23,24). The third-order valence-corrected chi connectivity index (χ3v) is 4.44. The number of para-hydroxylation sites is 2. The first kappa shape index (κ1) is 17.6. The molecule has 0 aliphatic heterocycles. The van der Waals surface area contributed by atoms with Gasteiger partial charge in [-0.2, -0.15) is 0 Å². The van der Waals surface area contributed by atoms with E-state index in [9.17, 15) is 4.79 Å². The van der Waals surface area contributed by atoms with E-state index in [4.69, 9.17) is 9.15 Å². The van der Waals surface area contributed by atoms with Crippen LogP contribution in [0.25, 0.3) is 22.0 Å². The average molecular weight is 428 g/mol. The second kappa shape index (κ2) is 7.08. The predicted octanol–water partition coefficient (Wildman–Crippen LogP) is 4.79. The van der Waals surface area contributed by atoms with Crippen molar-refractivity contribution in [1.82, 2.24) is 15.3 Å². The van der Waals surface area contributed by atoms with E-state index >= 15 is 0 Å². The predicted molar refractivity (Wildman–Crippen MR) is 107 cm³/mol. The molecule has 0 saturated carbocycles. The molecular formula is C20H18BrN3O3. The molecule has 0 atom stereocenters. The number of nitrogens with zero attached hydrogens (tertiary/aromatic N) is 1. The topological polar surface area (TPSA) is 80.1 Å². The number of fused-ring (bicyclic) bond motifs is 2. The van der Waals surface area contributed by atoms with E-state index < -0.39 is 0 Å². The van der Waals surface area contributed by atoms with Gasteiger partial charge < -0.3 is 19.5 Å². The fourth-order valence-corrected chi connectivity index (χ4v) is 3.32. The summed E-state index contributed by atoms with van der Waals surface area (Å²) in [6, 6.07) is 13.0. The van der Waals surface area contributed by atoms with Crippen LogP contribution >= 0.6 is 15.9 Å². The fourth-order valence-electron chi connectivity index (χ4n) is 2.91. The lowest BCUT2D eigenvalue weighted by atomic mass is 10.1. The minimum atomic E-state index is -0.224. The maximum Gasteiger partial charge on any atom is 0.251 e.